The summed E-state index contributed by atoms with van der Waals surface area (Å²) in [6.45, 7) is 6.49. The lowest BCUT2D eigenvalue weighted by Gasteiger charge is -2.26. The van der Waals surface area contributed by atoms with E-state index >= 15 is 0 Å². The molecule has 1 aromatic rings. The van der Waals surface area contributed by atoms with E-state index in [1.54, 1.807) is 7.11 Å². The van der Waals surface area contributed by atoms with Crippen LogP contribution in [0.5, 0.6) is 5.75 Å². The van der Waals surface area contributed by atoms with E-state index < -0.39 is 0 Å². The van der Waals surface area contributed by atoms with Crippen LogP contribution in [0.25, 0.3) is 0 Å². The molecule has 0 spiro atoms. The van der Waals surface area contributed by atoms with Crippen LogP contribution in [0.3, 0.4) is 0 Å². The van der Waals surface area contributed by atoms with Crippen molar-refractivity contribution in [1.82, 2.24) is 5.32 Å². The van der Waals surface area contributed by atoms with Gasteiger partial charge in [-0.1, -0.05) is 6.07 Å². The maximum absolute atomic E-state index is 6.41. The van der Waals surface area contributed by atoms with E-state index in [1.807, 2.05) is 0 Å². The van der Waals surface area contributed by atoms with Crippen LogP contribution >= 0.6 is 0 Å². The number of methoxy groups -OCH3 is 1. The van der Waals surface area contributed by atoms with E-state index in [4.69, 9.17) is 10.5 Å². The summed E-state index contributed by atoms with van der Waals surface area (Å²) in [4.78, 5) is 0. The van der Waals surface area contributed by atoms with E-state index in [9.17, 15) is 0 Å². The third kappa shape index (κ3) is 3.48. The highest BCUT2D eigenvalue weighted by atomic mass is 16.5. The summed E-state index contributed by atoms with van der Waals surface area (Å²) >= 11 is 0. The third-order valence-electron chi connectivity index (χ3n) is 4.23. The molecular weight excluding hydrogens is 236 g/mol. The van der Waals surface area contributed by atoms with Crippen LogP contribution in [0.4, 0.5) is 0 Å². The predicted molar refractivity (Wildman–Crippen MR) is 79.6 cm³/mol. The second-order valence-corrected chi connectivity index (χ2v) is 5.73. The molecule has 19 heavy (non-hydrogen) atoms. The van der Waals surface area contributed by atoms with Gasteiger partial charge in [0.15, 0.2) is 0 Å². The second kappa shape index (κ2) is 6.40. The summed E-state index contributed by atoms with van der Waals surface area (Å²) in [5.41, 5.74) is 10.1. The first-order valence-corrected chi connectivity index (χ1v) is 7.23. The fourth-order valence-corrected chi connectivity index (χ4v) is 2.89. The molecule has 1 aromatic carbocycles. The molecule has 2 atom stereocenters. The largest absolute Gasteiger partial charge is 0.496 e. The molecule has 0 amide bonds. The van der Waals surface area contributed by atoms with Crippen molar-refractivity contribution in [2.24, 2.45) is 11.7 Å². The monoisotopic (exact) mass is 262 g/mol. The lowest BCUT2D eigenvalue weighted by atomic mass is 9.88. The number of piperidine rings is 1. The zero-order valence-corrected chi connectivity index (χ0v) is 12.3. The maximum atomic E-state index is 6.41. The number of aryl methyl sites for hydroxylation is 2. The third-order valence-corrected chi connectivity index (χ3v) is 4.23. The average molecular weight is 262 g/mol. The number of hydrogen-bond donors (Lipinski definition) is 2. The first kappa shape index (κ1) is 14.4. The highest BCUT2D eigenvalue weighted by Gasteiger charge is 2.20. The van der Waals surface area contributed by atoms with Crippen LogP contribution in [-0.4, -0.2) is 20.2 Å². The quantitative estimate of drug-likeness (QED) is 0.877. The van der Waals surface area contributed by atoms with E-state index in [0.29, 0.717) is 5.92 Å². The molecule has 0 aromatic heterocycles. The number of rotatable bonds is 4. The van der Waals surface area contributed by atoms with E-state index in [0.717, 1.165) is 30.8 Å². The predicted octanol–water partition coefficient (Wildman–Crippen LogP) is 2.70. The van der Waals surface area contributed by atoms with Crippen molar-refractivity contribution in [1.29, 1.82) is 0 Å². The van der Waals surface area contributed by atoms with Crippen LogP contribution < -0.4 is 15.8 Å². The molecule has 2 rings (SSSR count). The fraction of sp³-hybridized carbons (Fsp3) is 0.625. The first-order valence-electron chi connectivity index (χ1n) is 7.23. The van der Waals surface area contributed by atoms with Crippen molar-refractivity contribution in [3.05, 3.63) is 28.8 Å². The average Bonchev–Trinajstić information content (AvgIpc) is 2.42. The van der Waals surface area contributed by atoms with Crippen molar-refractivity contribution < 1.29 is 4.74 Å². The minimum atomic E-state index is 0.0687. The molecule has 3 N–H and O–H groups in total. The number of hydrogen-bond acceptors (Lipinski definition) is 3. The van der Waals surface area contributed by atoms with Crippen molar-refractivity contribution in [3.63, 3.8) is 0 Å². The van der Waals surface area contributed by atoms with Crippen LogP contribution in [0.2, 0.25) is 0 Å². The van der Waals surface area contributed by atoms with Crippen molar-refractivity contribution in [2.45, 2.75) is 39.2 Å². The van der Waals surface area contributed by atoms with Crippen molar-refractivity contribution in [2.75, 3.05) is 20.2 Å². The molecule has 1 heterocycles. The molecule has 2 unspecified atom stereocenters. The highest BCUT2D eigenvalue weighted by molar-refractivity contribution is 5.43. The van der Waals surface area contributed by atoms with Crippen molar-refractivity contribution >= 4 is 0 Å². The Kier molecular flexibility index (Phi) is 4.83. The zero-order valence-electron chi connectivity index (χ0n) is 12.3. The molecule has 3 heteroatoms. The van der Waals surface area contributed by atoms with E-state index in [2.05, 4.69) is 31.3 Å². The van der Waals surface area contributed by atoms with Crippen LogP contribution in [0.1, 0.15) is 42.0 Å². The number of nitrogens with one attached hydrogen (secondary N) is 1. The summed E-state index contributed by atoms with van der Waals surface area (Å²) in [5.74, 6) is 1.62. The Bertz CT molecular complexity index is 425. The normalized spacial score (nSPS) is 21.2. The lowest BCUT2D eigenvalue weighted by Crippen LogP contribution is -2.31. The standard InChI is InChI=1S/C16H26N2O/c1-11-7-14(16(19-3)8-12(11)2)15(17)9-13-5-4-6-18-10-13/h7-8,13,15,18H,4-6,9-10,17H2,1-3H3. The van der Waals surface area contributed by atoms with Gasteiger partial charge in [0, 0.05) is 11.6 Å². The molecule has 106 valence electrons. The molecule has 1 fully saturated rings. The zero-order chi connectivity index (χ0) is 13.8. The first-order chi connectivity index (χ1) is 9.11. The molecule has 3 nitrogen and oxygen atoms in total. The Morgan fingerprint density at radius 2 is 2.11 bits per heavy atom. The number of ether oxygens (including phenoxy) is 1. The SMILES string of the molecule is COc1cc(C)c(C)cc1C(N)CC1CCCNC1. The fourth-order valence-electron chi connectivity index (χ4n) is 2.89. The van der Waals surface area contributed by atoms with Gasteiger partial charge in [-0.15, -0.1) is 0 Å². The smallest absolute Gasteiger partial charge is 0.123 e. The minimum Gasteiger partial charge on any atom is -0.496 e. The Morgan fingerprint density at radius 1 is 1.37 bits per heavy atom. The van der Waals surface area contributed by atoms with Gasteiger partial charge < -0.3 is 15.8 Å². The van der Waals surface area contributed by atoms with Gasteiger partial charge >= 0.3 is 0 Å². The molecule has 0 radical (unpaired) electrons. The van der Waals surface area contributed by atoms with Crippen LogP contribution in [0, 0.1) is 19.8 Å². The van der Waals surface area contributed by atoms with Gasteiger partial charge in [-0.05, 0) is 69.3 Å². The molecule has 1 saturated heterocycles. The van der Waals surface area contributed by atoms with E-state index in [1.165, 1.54) is 24.0 Å². The molecule has 1 aliphatic heterocycles. The number of benzene rings is 1. The Labute approximate surface area is 116 Å². The Hall–Kier alpha value is -1.06. The number of nitrogens with two attached hydrogens (primary N) is 1. The summed E-state index contributed by atoms with van der Waals surface area (Å²) in [5, 5.41) is 3.45. The van der Waals surface area contributed by atoms with Gasteiger partial charge in [-0.3, -0.25) is 0 Å². The molecule has 1 aliphatic rings. The molecule has 0 saturated carbocycles. The topological polar surface area (TPSA) is 47.3 Å². The van der Waals surface area contributed by atoms with Gasteiger partial charge in [-0.2, -0.15) is 0 Å². The second-order valence-electron chi connectivity index (χ2n) is 5.73. The summed E-state index contributed by atoms with van der Waals surface area (Å²) in [6.07, 6.45) is 3.58. The van der Waals surface area contributed by atoms with Gasteiger partial charge in [0.1, 0.15) is 5.75 Å². The summed E-state index contributed by atoms with van der Waals surface area (Å²) in [6, 6.07) is 4.36. The Morgan fingerprint density at radius 3 is 2.74 bits per heavy atom. The molecule has 0 aliphatic carbocycles. The van der Waals surface area contributed by atoms with Gasteiger partial charge in [0.05, 0.1) is 7.11 Å². The van der Waals surface area contributed by atoms with Gasteiger partial charge in [0.25, 0.3) is 0 Å². The van der Waals surface area contributed by atoms with Crippen LogP contribution in [0.15, 0.2) is 12.1 Å². The summed E-state index contributed by atoms with van der Waals surface area (Å²) < 4.78 is 5.50. The van der Waals surface area contributed by atoms with Crippen molar-refractivity contribution in [3.8, 4) is 5.75 Å². The maximum Gasteiger partial charge on any atom is 0.123 e. The molecular formula is C16H26N2O. The van der Waals surface area contributed by atoms with Gasteiger partial charge in [-0.25, -0.2) is 0 Å². The lowest BCUT2D eigenvalue weighted by molar-refractivity contribution is 0.331. The minimum absolute atomic E-state index is 0.0687. The highest BCUT2D eigenvalue weighted by Crippen LogP contribution is 2.31. The van der Waals surface area contributed by atoms with Crippen LogP contribution in [-0.2, 0) is 0 Å². The van der Waals surface area contributed by atoms with E-state index in [-0.39, 0.29) is 6.04 Å². The van der Waals surface area contributed by atoms with Gasteiger partial charge in [0.2, 0.25) is 0 Å². The molecule has 0 bridgehead atoms. The summed E-state index contributed by atoms with van der Waals surface area (Å²) in [7, 11) is 1.72. The Balaban J connectivity index is 2.13.